The molecule has 2 aromatic carbocycles. The van der Waals surface area contributed by atoms with Crippen molar-refractivity contribution in [1.82, 2.24) is 10.2 Å². The lowest BCUT2D eigenvalue weighted by atomic mass is 10.1. The molecule has 5 heteroatoms. The first-order valence-corrected chi connectivity index (χ1v) is 9.08. The Labute approximate surface area is 161 Å². The van der Waals surface area contributed by atoms with E-state index in [4.69, 9.17) is 4.74 Å². The summed E-state index contributed by atoms with van der Waals surface area (Å²) in [6.07, 6.45) is 0. The second-order valence-electron chi connectivity index (χ2n) is 6.85. The SMILES string of the molecule is CNC(=O)C(C)N(Cc1ccccc1C)C(=O)COc1cc(C)cc(C)c1. The van der Waals surface area contributed by atoms with Crippen molar-refractivity contribution in [2.24, 2.45) is 0 Å². The molecule has 144 valence electrons. The van der Waals surface area contributed by atoms with Gasteiger partial charge in [0.05, 0.1) is 0 Å². The summed E-state index contributed by atoms with van der Waals surface area (Å²) in [5.41, 5.74) is 4.24. The number of carbonyl (C=O) groups excluding carboxylic acids is 2. The highest BCUT2D eigenvalue weighted by molar-refractivity contribution is 5.87. The van der Waals surface area contributed by atoms with Gasteiger partial charge in [-0.3, -0.25) is 9.59 Å². The fourth-order valence-electron chi connectivity index (χ4n) is 3.01. The van der Waals surface area contributed by atoms with Crippen molar-refractivity contribution in [3.05, 3.63) is 64.7 Å². The molecule has 0 bridgehead atoms. The minimum Gasteiger partial charge on any atom is -0.484 e. The number of nitrogens with one attached hydrogen (secondary N) is 1. The highest BCUT2D eigenvalue weighted by Crippen LogP contribution is 2.17. The third-order valence-electron chi connectivity index (χ3n) is 4.57. The monoisotopic (exact) mass is 368 g/mol. The molecule has 0 aliphatic rings. The summed E-state index contributed by atoms with van der Waals surface area (Å²) < 4.78 is 5.72. The Kier molecular flexibility index (Phi) is 6.99. The molecule has 0 saturated heterocycles. The Morgan fingerprint density at radius 1 is 1.07 bits per heavy atom. The smallest absolute Gasteiger partial charge is 0.261 e. The molecular formula is C22H28N2O3. The number of hydrogen-bond donors (Lipinski definition) is 1. The molecule has 2 aromatic rings. The third kappa shape index (κ3) is 5.58. The van der Waals surface area contributed by atoms with Crippen molar-refractivity contribution in [2.45, 2.75) is 40.3 Å². The van der Waals surface area contributed by atoms with Gasteiger partial charge in [0, 0.05) is 13.6 Å². The summed E-state index contributed by atoms with van der Waals surface area (Å²) in [6.45, 7) is 7.94. The maximum absolute atomic E-state index is 12.9. The Morgan fingerprint density at radius 2 is 1.70 bits per heavy atom. The number of rotatable bonds is 7. The summed E-state index contributed by atoms with van der Waals surface area (Å²) in [5, 5.41) is 2.62. The largest absolute Gasteiger partial charge is 0.484 e. The van der Waals surface area contributed by atoms with E-state index in [1.54, 1.807) is 18.9 Å². The van der Waals surface area contributed by atoms with Crippen LogP contribution < -0.4 is 10.1 Å². The highest BCUT2D eigenvalue weighted by atomic mass is 16.5. The molecule has 0 fully saturated rings. The topological polar surface area (TPSA) is 58.6 Å². The summed E-state index contributed by atoms with van der Waals surface area (Å²) in [5.74, 6) is 0.223. The predicted molar refractivity (Wildman–Crippen MR) is 107 cm³/mol. The Balaban J connectivity index is 2.17. The van der Waals surface area contributed by atoms with Crippen LogP contribution in [0.15, 0.2) is 42.5 Å². The number of carbonyl (C=O) groups is 2. The molecule has 0 saturated carbocycles. The van der Waals surface area contributed by atoms with E-state index in [1.165, 1.54) is 0 Å². The minimum atomic E-state index is -0.593. The lowest BCUT2D eigenvalue weighted by molar-refractivity contribution is -0.142. The lowest BCUT2D eigenvalue weighted by Gasteiger charge is -2.29. The number of nitrogens with zero attached hydrogens (tertiary/aromatic N) is 1. The molecule has 2 rings (SSSR count). The number of benzene rings is 2. The first-order valence-electron chi connectivity index (χ1n) is 9.08. The van der Waals surface area contributed by atoms with Gasteiger partial charge in [-0.25, -0.2) is 0 Å². The molecule has 0 spiro atoms. The van der Waals surface area contributed by atoms with Gasteiger partial charge < -0.3 is 15.0 Å². The average Bonchev–Trinajstić information content (AvgIpc) is 2.63. The zero-order chi connectivity index (χ0) is 20.0. The molecule has 0 heterocycles. The normalized spacial score (nSPS) is 11.6. The van der Waals surface area contributed by atoms with E-state index in [1.807, 2.05) is 63.2 Å². The van der Waals surface area contributed by atoms with Crippen LogP contribution in [0.5, 0.6) is 5.75 Å². The molecule has 1 unspecified atom stereocenters. The standard InChI is InChI=1S/C22H28N2O3/c1-15-10-16(2)12-20(11-15)27-14-21(25)24(18(4)22(26)23-5)13-19-9-7-6-8-17(19)3/h6-12,18H,13-14H2,1-5H3,(H,23,26). The van der Waals surface area contributed by atoms with Gasteiger partial charge in [0.25, 0.3) is 5.91 Å². The number of likely N-dealkylation sites (N-methyl/N-ethyl adjacent to an activating group) is 1. The van der Waals surface area contributed by atoms with Crippen LogP contribution in [0, 0.1) is 20.8 Å². The van der Waals surface area contributed by atoms with E-state index < -0.39 is 6.04 Å². The average molecular weight is 368 g/mol. The highest BCUT2D eigenvalue weighted by Gasteiger charge is 2.26. The van der Waals surface area contributed by atoms with Crippen molar-refractivity contribution >= 4 is 11.8 Å². The van der Waals surface area contributed by atoms with Crippen molar-refractivity contribution < 1.29 is 14.3 Å². The van der Waals surface area contributed by atoms with Gasteiger partial charge in [-0.05, 0) is 62.1 Å². The van der Waals surface area contributed by atoms with Crippen LogP contribution in [-0.2, 0) is 16.1 Å². The fourth-order valence-corrected chi connectivity index (χ4v) is 3.01. The van der Waals surface area contributed by atoms with E-state index in [2.05, 4.69) is 5.32 Å². The molecule has 2 amide bonds. The van der Waals surface area contributed by atoms with Crippen LogP contribution in [0.4, 0.5) is 0 Å². The number of amides is 2. The van der Waals surface area contributed by atoms with Gasteiger partial charge in [-0.2, -0.15) is 0 Å². The second kappa shape index (κ2) is 9.21. The lowest BCUT2D eigenvalue weighted by Crippen LogP contribution is -2.48. The maximum atomic E-state index is 12.9. The molecule has 27 heavy (non-hydrogen) atoms. The molecule has 0 aliphatic heterocycles. The first-order chi connectivity index (χ1) is 12.8. The first kappa shape index (κ1) is 20.5. The number of aryl methyl sites for hydroxylation is 3. The van der Waals surface area contributed by atoms with Gasteiger partial charge in [0.1, 0.15) is 11.8 Å². The van der Waals surface area contributed by atoms with Crippen molar-refractivity contribution in [1.29, 1.82) is 0 Å². The van der Waals surface area contributed by atoms with E-state index in [0.717, 1.165) is 22.3 Å². The van der Waals surface area contributed by atoms with Crippen LogP contribution in [0.3, 0.4) is 0 Å². The van der Waals surface area contributed by atoms with Gasteiger partial charge in [0.2, 0.25) is 5.91 Å². The number of hydrogen-bond acceptors (Lipinski definition) is 3. The molecule has 0 radical (unpaired) electrons. The van der Waals surface area contributed by atoms with Crippen molar-refractivity contribution in [3.63, 3.8) is 0 Å². The van der Waals surface area contributed by atoms with Gasteiger partial charge in [-0.15, -0.1) is 0 Å². The Hall–Kier alpha value is -2.82. The summed E-state index contributed by atoms with van der Waals surface area (Å²) in [7, 11) is 1.57. The summed E-state index contributed by atoms with van der Waals surface area (Å²) in [6, 6.07) is 13.1. The predicted octanol–water partition coefficient (Wildman–Crippen LogP) is 3.15. The van der Waals surface area contributed by atoms with E-state index in [0.29, 0.717) is 12.3 Å². The third-order valence-corrected chi connectivity index (χ3v) is 4.57. The van der Waals surface area contributed by atoms with Gasteiger partial charge >= 0.3 is 0 Å². The zero-order valence-corrected chi connectivity index (χ0v) is 16.7. The fraction of sp³-hybridized carbons (Fsp3) is 0.364. The molecular weight excluding hydrogens is 340 g/mol. The van der Waals surface area contributed by atoms with E-state index in [-0.39, 0.29) is 18.4 Å². The summed E-state index contributed by atoms with van der Waals surface area (Å²) in [4.78, 5) is 26.6. The van der Waals surface area contributed by atoms with Crippen LogP contribution in [0.2, 0.25) is 0 Å². The Bertz CT molecular complexity index is 797. The number of ether oxygens (including phenoxy) is 1. The van der Waals surface area contributed by atoms with Crippen LogP contribution >= 0.6 is 0 Å². The van der Waals surface area contributed by atoms with E-state index in [9.17, 15) is 9.59 Å². The van der Waals surface area contributed by atoms with Crippen molar-refractivity contribution in [2.75, 3.05) is 13.7 Å². The van der Waals surface area contributed by atoms with Gasteiger partial charge in [0.15, 0.2) is 6.61 Å². The van der Waals surface area contributed by atoms with E-state index >= 15 is 0 Å². The minimum absolute atomic E-state index is 0.115. The molecule has 1 atom stereocenters. The molecule has 0 aliphatic carbocycles. The summed E-state index contributed by atoms with van der Waals surface area (Å²) >= 11 is 0. The maximum Gasteiger partial charge on any atom is 0.261 e. The van der Waals surface area contributed by atoms with Crippen molar-refractivity contribution in [3.8, 4) is 5.75 Å². The molecule has 5 nitrogen and oxygen atoms in total. The zero-order valence-electron chi connectivity index (χ0n) is 16.7. The van der Waals surface area contributed by atoms with Crippen LogP contribution in [-0.4, -0.2) is 36.4 Å². The van der Waals surface area contributed by atoms with Crippen LogP contribution in [0.25, 0.3) is 0 Å². The second-order valence-corrected chi connectivity index (χ2v) is 6.85. The molecule has 0 aromatic heterocycles. The quantitative estimate of drug-likeness (QED) is 0.817. The van der Waals surface area contributed by atoms with Crippen LogP contribution in [0.1, 0.15) is 29.2 Å². The molecule has 1 N–H and O–H groups in total. The van der Waals surface area contributed by atoms with Gasteiger partial charge in [-0.1, -0.05) is 30.3 Å². The Morgan fingerprint density at radius 3 is 2.30 bits per heavy atom.